The highest BCUT2D eigenvalue weighted by molar-refractivity contribution is 5.99. The summed E-state index contributed by atoms with van der Waals surface area (Å²) in [6, 6.07) is 19.8. The summed E-state index contributed by atoms with van der Waals surface area (Å²) in [5.74, 6) is 0.862. The average Bonchev–Trinajstić information content (AvgIpc) is 3.07. The van der Waals surface area contributed by atoms with Crippen molar-refractivity contribution in [3.63, 3.8) is 0 Å². The molecule has 3 aromatic carbocycles. The quantitative estimate of drug-likeness (QED) is 0.433. The number of aromatic nitrogens is 1. The molecule has 1 aromatic heterocycles. The van der Waals surface area contributed by atoms with Crippen molar-refractivity contribution in [3.05, 3.63) is 72.4 Å². The van der Waals surface area contributed by atoms with Gasteiger partial charge in [0.25, 0.3) is 5.91 Å². The number of carbonyl (C=O) groups excluding carboxylic acids is 1. The number of rotatable bonds is 3. The molecule has 2 heterocycles. The zero-order valence-electron chi connectivity index (χ0n) is 15.8. The number of hydrazone groups is 1. The molecule has 1 N–H and O–H groups in total. The van der Waals surface area contributed by atoms with E-state index in [1.165, 1.54) is 0 Å². The van der Waals surface area contributed by atoms with E-state index in [-0.39, 0.29) is 12.5 Å². The molecular weight excluding hydrogens is 366 g/mol. The minimum atomic E-state index is -0.756. The van der Waals surface area contributed by atoms with E-state index in [4.69, 9.17) is 9.47 Å². The number of nitrogens with one attached hydrogen (secondary N) is 1. The molecule has 0 radical (unpaired) electrons. The van der Waals surface area contributed by atoms with Crippen LogP contribution < -0.4 is 14.9 Å². The van der Waals surface area contributed by atoms with E-state index in [2.05, 4.69) is 10.5 Å². The van der Waals surface area contributed by atoms with Gasteiger partial charge in [-0.3, -0.25) is 4.79 Å². The van der Waals surface area contributed by atoms with Crippen LogP contribution in [0, 0.1) is 0 Å². The van der Waals surface area contributed by atoms with Crippen LogP contribution in [0.4, 0.5) is 0 Å². The summed E-state index contributed by atoms with van der Waals surface area (Å²) in [5.41, 5.74) is 4.60. The first-order chi connectivity index (χ1) is 14.2. The van der Waals surface area contributed by atoms with E-state index in [1.807, 2.05) is 78.5 Å². The Hall–Kier alpha value is -3.80. The molecule has 1 atom stereocenters. The van der Waals surface area contributed by atoms with Crippen molar-refractivity contribution in [1.82, 2.24) is 9.99 Å². The highest BCUT2D eigenvalue weighted by Gasteiger charge is 2.27. The van der Waals surface area contributed by atoms with Gasteiger partial charge in [-0.05, 0) is 29.0 Å². The van der Waals surface area contributed by atoms with Crippen LogP contribution in [0.3, 0.4) is 0 Å². The van der Waals surface area contributed by atoms with Gasteiger partial charge in [-0.1, -0.05) is 42.5 Å². The molecule has 6 heteroatoms. The summed E-state index contributed by atoms with van der Waals surface area (Å²) in [5, 5.41) is 7.29. The maximum absolute atomic E-state index is 12.5. The van der Waals surface area contributed by atoms with Crippen LogP contribution in [-0.4, -0.2) is 29.4 Å². The fourth-order valence-corrected chi connectivity index (χ4v) is 3.60. The van der Waals surface area contributed by atoms with Crippen molar-refractivity contribution in [2.45, 2.75) is 6.10 Å². The van der Waals surface area contributed by atoms with Crippen molar-refractivity contribution in [1.29, 1.82) is 0 Å². The van der Waals surface area contributed by atoms with Gasteiger partial charge in [-0.15, -0.1) is 0 Å². The molecule has 29 heavy (non-hydrogen) atoms. The van der Waals surface area contributed by atoms with Crippen molar-refractivity contribution in [2.24, 2.45) is 12.1 Å². The van der Waals surface area contributed by atoms with Crippen LogP contribution >= 0.6 is 0 Å². The van der Waals surface area contributed by atoms with Crippen LogP contribution in [0.1, 0.15) is 5.56 Å². The maximum atomic E-state index is 12.5. The number of para-hydroxylation sites is 1. The smallest absolute Gasteiger partial charge is 0.284 e. The SMILES string of the molecule is Cn1cc(/C=N/NC(=O)C2COc3cc4ccccc4cc3O2)c2ccccc21. The van der Waals surface area contributed by atoms with Crippen LogP contribution in [-0.2, 0) is 11.8 Å². The van der Waals surface area contributed by atoms with E-state index < -0.39 is 6.10 Å². The number of fused-ring (bicyclic) bond motifs is 3. The van der Waals surface area contributed by atoms with Crippen LogP contribution in [0.2, 0.25) is 0 Å². The molecule has 0 fully saturated rings. The first kappa shape index (κ1) is 17.3. The Morgan fingerprint density at radius 3 is 2.66 bits per heavy atom. The van der Waals surface area contributed by atoms with Crippen LogP contribution in [0.15, 0.2) is 72.0 Å². The van der Waals surface area contributed by atoms with Gasteiger partial charge in [-0.25, -0.2) is 5.43 Å². The summed E-state index contributed by atoms with van der Waals surface area (Å²) >= 11 is 0. The zero-order valence-corrected chi connectivity index (χ0v) is 15.8. The van der Waals surface area contributed by atoms with Crippen molar-refractivity contribution in [2.75, 3.05) is 6.61 Å². The van der Waals surface area contributed by atoms with Crippen LogP contribution in [0.25, 0.3) is 21.7 Å². The Morgan fingerprint density at radius 1 is 1.10 bits per heavy atom. The van der Waals surface area contributed by atoms with E-state index >= 15 is 0 Å². The third-order valence-corrected chi connectivity index (χ3v) is 5.07. The first-order valence-electron chi connectivity index (χ1n) is 9.38. The molecule has 4 aromatic rings. The minimum absolute atomic E-state index is 0.140. The summed E-state index contributed by atoms with van der Waals surface area (Å²) in [7, 11) is 1.98. The summed E-state index contributed by atoms with van der Waals surface area (Å²) in [6.45, 7) is 0.140. The highest BCUT2D eigenvalue weighted by atomic mass is 16.6. The lowest BCUT2D eigenvalue weighted by Crippen LogP contribution is -2.42. The Balaban J connectivity index is 1.30. The Labute approximate surface area is 167 Å². The number of benzene rings is 3. The zero-order chi connectivity index (χ0) is 19.8. The number of hydrogen-bond donors (Lipinski definition) is 1. The van der Waals surface area contributed by atoms with Crippen molar-refractivity contribution >= 4 is 33.8 Å². The fraction of sp³-hybridized carbons (Fsp3) is 0.130. The third kappa shape index (κ3) is 3.18. The molecule has 0 saturated heterocycles. The van der Waals surface area contributed by atoms with Gasteiger partial charge in [0.1, 0.15) is 6.61 Å². The molecular formula is C23H19N3O3. The number of aryl methyl sites for hydroxylation is 1. The topological polar surface area (TPSA) is 64.9 Å². The van der Waals surface area contributed by atoms with Gasteiger partial charge in [-0.2, -0.15) is 5.10 Å². The standard InChI is InChI=1S/C23H19N3O3/c1-26-13-17(18-8-4-5-9-19(18)26)12-24-25-23(27)22-14-28-20-10-15-6-2-3-7-16(15)11-21(20)29-22/h2-13,22H,14H2,1H3,(H,25,27)/b24-12+. The van der Waals surface area contributed by atoms with Gasteiger partial charge in [0.05, 0.1) is 6.21 Å². The minimum Gasteiger partial charge on any atom is -0.485 e. The maximum Gasteiger partial charge on any atom is 0.284 e. The largest absolute Gasteiger partial charge is 0.485 e. The van der Waals surface area contributed by atoms with Gasteiger partial charge in [0, 0.05) is 29.7 Å². The van der Waals surface area contributed by atoms with Crippen molar-refractivity contribution in [3.8, 4) is 11.5 Å². The van der Waals surface area contributed by atoms with E-state index in [0.717, 1.165) is 27.2 Å². The van der Waals surface area contributed by atoms with Gasteiger partial charge in [0.2, 0.25) is 6.10 Å². The lowest BCUT2D eigenvalue weighted by Gasteiger charge is -2.25. The number of nitrogens with zero attached hydrogens (tertiary/aromatic N) is 2. The Bertz CT molecular complexity index is 1260. The number of carbonyl (C=O) groups is 1. The second kappa shape index (κ2) is 6.98. The molecule has 1 amide bonds. The second-order valence-electron chi connectivity index (χ2n) is 7.01. The van der Waals surface area contributed by atoms with Crippen LogP contribution in [0.5, 0.6) is 11.5 Å². The van der Waals surface area contributed by atoms with E-state index in [1.54, 1.807) is 6.21 Å². The van der Waals surface area contributed by atoms with Gasteiger partial charge < -0.3 is 14.0 Å². The summed E-state index contributed by atoms with van der Waals surface area (Å²) in [4.78, 5) is 12.5. The first-order valence-corrected chi connectivity index (χ1v) is 9.38. The predicted octanol–water partition coefficient (Wildman–Crippen LogP) is 3.62. The second-order valence-corrected chi connectivity index (χ2v) is 7.01. The van der Waals surface area contributed by atoms with Gasteiger partial charge >= 0.3 is 0 Å². The molecule has 1 aliphatic heterocycles. The number of hydrogen-bond acceptors (Lipinski definition) is 4. The molecule has 0 spiro atoms. The van der Waals surface area contributed by atoms with Gasteiger partial charge in [0.15, 0.2) is 11.5 Å². The molecule has 1 unspecified atom stereocenters. The Morgan fingerprint density at radius 2 is 1.83 bits per heavy atom. The number of ether oxygens (including phenoxy) is 2. The normalized spacial score (nSPS) is 15.8. The molecule has 0 aliphatic carbocycles. The summed E-state index contributed by atoms with van der Waals surface area (Å²) < 4.78 is 13.6. The molecule has 1 aliphatic rings. The summed E-state index contributed by atoms with van der Waals surface area (Å²) in [6.07, 6.45) is 2.86. The number of amides is 1. The highest BCUT2D eigenvalue weighted by Crippen LogP contribution is 2.35. The lowest BCUT2D eigenvalue weighted by atomic mass is 10.1. The molecule has 5 rings (SSSR count). The fourth-order valence-electron chi connectivity index (χ4n) is 3.60. The lowest BCUT2D eigenvalue weighted by molar-refractivity contribution is -0.130. The van der Waals surface area contributed by atoms with Crippen molar-refractivity contribution < 1.29 is 14.3 Å². The molecule has 0 bridgehead atoms. The monoisotopic (exact) mass is 385 g/mol. The average molecular weight is 385 g/mol. The third-order valence-electron chi connectivity index (χ3n) is 5.07. The molecule has 144 valence electrons. The van der Waals surface area contributed by atoms with E-state index in [0.29, 0.717) is 11.5 Å². The molecule has 0 saturated carbocycles. The molecule has 6 nitrogen and oxygen atoms in total. The predicted molar refractivity (Wildman–Crippen MR) is 113 cm³/mol. The Kier molecular flexibility index (Phi) is 4.17. The van der Waals surface area contributed by atoms with E-state index in [9.17, 15) is 4.79 Å².